The zero-order valence-electron chi connectivity index (χ0n) is 19.3. The summed E-state index contributed by atoms with van der Waals surface area (Å²) in [6, 6.07) is 11.3. The smallest absolute Gasteiger partial charge is 0.252 e. The monoisotopic (exact) mass is 528 g/mol. The van der Waals surface area contributed by atoms with Gasteiger partial charge in [0.25, 0.3) is 5.91 Å². The lowest BCUT2D eigenvalue weighted by molar-refractivity contribution is 0.0932. The fourth-order valence-electron chi connectivity index (χ4n) is 4.10. The average Bonchev–Trinajstić information content (AvgIpc) is 3.47. The van der Waals surface area contributed by atoms with E-state index in [0.717, 1.165) is 12.5 Å². The van der Waals surface area contributed by atoms with Gasteiger partial charge in [0.2, 0.25) is 0 Å². The van der Waals surface area contributed by atoms with Crippen molar-refractivity contribution in [1.82, 2.24) is 20.1 Å². The lowest BCUT2D eigenvalue weighted by Crippen LogP contribution is -2.35. The van der Waals surface area contributed by atoms with Crippen molar-refractivity contribution in [2.45, 2.75) is 28.3 Å². The van der Waals surface area contributed by atoms with Crippen molar-refractivity contribution in [2.75, 3.05) is 12.5 Å². The summed E-state index contributed by atoms with van der Waals surface area (Å²) in [6.45, 7) is 0. The van der Waals surface area contributed by atoms with Crippen LogP contribution in [0.3, 0.4) is 0 Å². The number of carbonyl (C=O) groups excluding carboxylic acids is 1. The number of aromatic nitrogens is 3. The standard InChI is InChI=1S/C24H21FN4O5S2/c1-35(31,32)18-12-19(20-14-27-29(21(20)13-18)17-5-3-16(25)4-6-17)23(30)28-24(8-9-24)15-7-10-26-22(11-15)36(2,33)34/h3-7,10-14H,8-9H2,1-2H3,(H,28,30). The molecule has 2 aromatic carbocycles. The van der Waals surface area contributed by atoms with Gasteiger partial charge in [-0.1, -0.05) is 0 Å². The largest absolute Gasteiger partial charge is 0.342 e. The molecule has 36 heavy (non-hydrogen) atoms. The molecule has 1 aliphatic carbocycles. The van der Waals surface area contributed by atoms with Crippen LogP contribution in [0.1, 0.15) is 28.8 Å². The maximum atomic E-state index is 13.5. The van der Waals surface area contributed by atoms with Crippen LogP contribution in [0.25, 0.3) is 16.6 Å². The van der Waals surface area contributed by atoms with Gasteiger partial charge in [0.05, 0.1) is 33.4 Å². The summed E-state index contributed by atoms with van der Waals surface area (Å²) in [4.78, 5) is 17.3. The molecule has 1 amide bonds. The molecule has 0 aliphatic heterocycles. The van der Waals surface area contributed by atoms with Gasteiger partial charge in [-0.05, 0) is 66.9 Å². The van der Waals surface area contributed by atoms with E-state index in [2.05, 4.69) is 15.4 Å². The maximum absolute atomic E-state index is 13.5. The molecule has 9 nitrogen and oxygen atoms in total. The minimum Gasteiger partial charge on any atom is -0.342 e. The number of halogens is 1. The Kier molecular flexibility index (Phi) is 5.49. The molecule has 12 heteroatoms. The third-order valence-corrected chi connectivity index (χ3v) is 8.25. The number of rotatable bonds is 6. The zero-order chi connectivity index (χ0) is 25.9. The Labute approximate surface area is 206 Å². The Morgan fingerprint density at radius 1 is 1.00 bits per heavy atom. The lowest BCUT2D eigenvalue weighted by Gasteiger charge is -2.19. The van der Waals surface area contributed by atoms with E-state index in [1.165, 1.54) is 59.5 Å². The van der Waals surface area contributed by atoms with Crippen molar-refractivity contribution in [3.8, 4) is 5.69 Å². The van der Waals surface area contributed by atoms with Crippen LogP contribution in [0, 0.1) is 5.82 Å². The van der Waals surface area contributed by atoms with Gasteiger partial charge in [-0.25, -0.2) is 30.9 Å². The molecule has 0 unspecified atom stereocenters. The van der Waals surface area contributed by atoms with E-state index in [9.17, 15) is 26.0 Å². The fraction of sp³-hybridized carbons (Fsp3) is 0.208. The third-order valence-electron chi connectivity index (χ3n) is 6.18. The summed E-state index contributed by atoms with van der Waals surface area (Å²) in [7, 11) is -7.23. The van der Waals surface area contributed by atoms with Crippen molar-refractivity contribution in [1.29, 1.82) is 0 Å². The maximum Gasteiger partial charge on any atom is 0.252 e. The van der Waals surface area contributed by atoms with Gasteiger partial charge in [0.15, 0.2) is 24.7 Å². The Bertz CT molecular complexity index is 1740. The molecule has 4 aromatic rings. The van der Waals surface area contributed by atoms with E-state index in [0.29, 0.717) is 35.0 Å². The van der Waals surface area contributed by atoms with Crippen LogP contribution in [0.2, 0.25) is 0 Å². The molecule has 5 rings (SSSR count). The number of amides is 1. The first-order chi connectivity index (χ1) is 16.9. The van der Waals surface area contributed by atoms with Gasteiger partial charge in [0.1, 0.15) is 5.82 Å². The van der Waals surface area contributed by atoms with Gasteiger partial charge in [0, 0.05) is 24.1 Å². The van der Waals surface area contributed by atoms with Crippen LogP contribution >= 0.6 is 0 Å². The molecule has 2 aromatic heterocycles. The van der Waals surface area contributed by atoms with E-state index in [-0.39, 0.29) is 15.5 Å². The predicted octanol–water partition coefficient (Wildman–Crippen LogP) is 2.79. The number of nitrogens with one attached hydrogen (secondary N) is 1. The van der Waals surface area contributed by atoms with Crippen LogP contribution in [0.15, 0.2) is 70.8 Å². The molecule has 186 valence electrons. The summed E-state index contributed by atoms with van der Waals surface area (Å²) in [5.74, 6) is -0.962. The van der Waals surface area contributed by atoms with E-state index in [1.54, 1.807) is 6.07 Å². The van der Waals surface area contributed by atoms with Crippen molar-refractivity contribution < 1.29 is 26.0 Å². The number of fused-ring (bicyclic) bond motifs is 1. The highest BCUT2D eigenvalue weighted by molar-refractivity contribution is 7.91. The molecule has 0 spiro atoms. The van der Waals surface area contributed by atoms with Gasteiger partial charge in [-0.15, -0.1) is 0 Å². The Hall–Kier alpha value is -3.64. The molecule has 2 heterocycles. The highest BCUT2D eigenvalue weighted by Crippen LogP contribution is 2.46. The first kappa shape index (κ1) is 24.1. The first-order valence-corrected chi connectivity index (χ1v) is 14.6. The zero-order valence-corrected chi connectivity index (χ0v) is 20.9. The molecule has 0 atom stereocenters. The summed E-state index contributed by atoms with van der Waals surface area (Å²) >= 11 is 0. The van der Waals surface area contributed by atoms with Crippen molar-refractivity contribution in [3.63, 3.8) is 0 Å². The van der Waals surface area contributed by atoms with Gasteiger partial charge >= 0.3 is 0 Å². The third kappa shape index (κ3) is 4.37. The van der Waals surface area contributed by atoms with Crippen molar-refractivity contribution in [2.24, 2.45) is 0 Å². The number of sulfone groups is 2. The topological polar surface area (TPSA) is 128 Å². The molecule has 1 aliphatic rings. The predicted molar refractivity (Wildman–Crippen MR) is 130 cm³/mol. The molecule has 0 saturated heterocycles. The highest BCUT2D eigenvalue weighted by Gasteiger charge is 2.46. The first-order valence-electron chi connectivity index (χ1n) is 10.8. The number of hydrogen-bond acceptors (Lipinski definition) is 7. The molecule has 0 radical (unpaired) electrons. The van der Waals surface area contributed by atoms with Crippen LogP contribution < -0.4 is 5.32 Å². The molecule has 1 fully saturated rings. The fourth-order valence-corrected chi connectivity index (χ4v) is 5.35. The Morgan fingerprint density at radius 2 is 1.69 bits per heavy atom. The normalized spacial score (nSPS) is 15.1. The number of pyridine rings is 1. The molecular weight excluding hydrogens is 507 g/mol. The Morgan fingerprint density at radius 3 is 2.31 bits per heavy atom. The van der Waals surface area contributed by atoms with E-state index in [1.807, 2.05) is 0 Å². The summed E-state index contributed by atoms with van der Waals surface area (Å²) in [5.41, 5.74) is 0.767. The quantitative estimate of drug-likeness (QED) is 0.408. The van der Waals surface area contributed by atoms with Crippen LogP contribution in [0.4, 0.5) is 4.39 Å². The molecular formula is C24H21FN4O5S2. The van der Waals surface area contributed by atoms with Gasteiger partial charge in [-0.3, -0.25) is 4.79 Å². The summed E-state index contributed by atoms with van der Waals surface area (Å²) < 4.78 is 63.7. The van der Waals surface area contributed by atoms with Crippen molar-refractivity contribution in [3.05, 3.63) is 77.9 Å². The number of nitrogens with zero attached hydrogens (tertiary/aromatic N) is 3. The average molecular weight is 529 g/mol. The number of hydrogen-bond donors (Lipinski definition) is 1. The second-order valence-electron chi connectivity index (χ2n) is 8.90. The molecule has 0 bridgehead atoms. The van der Waals surface area contributed by atoms with Gasteiger partial charge < -0.3 is 5.32 Å². The van der Waals surface area contributed by atoms with Crippen LogP contribution in [-0.2, 0) is 25.2 Å². The van der Waals surface area contributed by atoms with Crippen LogP contribution in [0.5, 0.6) is 0 Å². The SMILES string of the molecule is CS(=O)(=O)c1cc(C(=O)NC2(c3ccnc(S(C)(=O)=O)c3)CC2)c2cnn(-c3ccc(F)cc3)c2c1. The number of benzene rings is 2. The second-order valence-corrected chi connectivity index (χ2v) is 12.9. The minimum atomic E-state index is -3.69. The van der Waals surface area contributed by atoms with E-state index < -0.39 is 36.9 Å². The minimum absolute atomic E-state index is 0.0721. The van der Waals surface area contributed by atoms with Crippen molar-refractivity contribution >= 4 is 36.5 Å². The molecule has 1 N–H and O–H groups in total. The summed E-state index contributed by atoms with van der Waals surface area (Å²) in [5, 5.41) is 7.59. The highest BCUT2D eigenvalue weighted by atomic mass is 32.2. The lowest BCUT2D eigenvalue weighted by atomic mass is 10.0. The second kappa shape index (κ2) is 8.20. The Balaban J connectivity index is 1.59. The number of carbonyl (C=O) groups is 1. The summed E-state index contributed by atoms with van der Waals surface area (Å²) in [6.07, 6.45) is 6.09. The van der Waals surface area contributed by atoms with E-state index in [4.69, 9.17) is 0 Å². The van der Waals surface area contributed by atoms with Crippen LogP contribution in [-0.4, -0.2) is 50.0 Å². The van der Waals surface area contributed by atoms with E-state index >= 15 is 0 Å². The van der Waals surface area contributed by atoms with Gasteiger partial charge in [-0.2, -0.15) is 5.10 Å². The molecule has 1 saturated carbocycles.